The Bertz CT molecular complexity index is 623. The van der Waals surface area contributed by atoms with Crippen molar-refractivity contribution in [2.45, 2.75) is 58.0 Å². The predicted molar refractivity (Wildman–Crippen MR) is 93.3 cm³/mol. The fourth-order valence-corrected chi connectivity index (χ4v) is 4.12. The molecule has 2 rings (SSSR count). The Morgan fingerprint density at radius 3 is 2.87 bits per heavy atom. The number of hydrogen-bond acceptors (Lipinski definition) is 4. The van der Waals surface area contributed by atoms with E-state index < -0.39 is 0 Å². The summed E-state index contributed by atoms with van der Waals surface area (Å²) in [5.41, 5.74) is 2.37. The van der Waals surface area contributed by atoms with E-state index in [1.807, 2.05) is 19.9 Å². The smallest absolute Gasteiger partial charge is 0.230 e. The normalized spacial score (nSPS) is 24.0. The number of nitrogens with one attached hydrogen (secondary N) is 1. The summed E-state index contributed by atoms with van der Waals surface area (Å²) < 4.78 is 0. The largest absolute Gasteiger partial charge is 0.352 e. The molecule has 0 saturated heterocycles. The van der Waals surface area contributed by atoms with E-state index in [2.05, 4.69) is 30.2 Å². The van der Waals surface area contributed by atoms with Crippen LogP contribution in [0.25, 0.3) is 0 Å². The number of amides is 1. The minimum atomic E-state index is 0.0331. The van der Waals surface area contributed by atoms with Gasteiger partial charge in [-0.15, -0.1) is 0 Å². The number of carbonyl (C=O) groups excluding carboxylic acids is 1. The Morgan fingerprint density at radius 1 is 1.43 bits per heavy atom. The van der Waals surface area contributed by atoms with Gasteiger partial charge < -0.3 is 5.32 Å². The third-order valence-electron chi connectivity index (χ3n) is 4.82. The molecular weight excluding hydrogens is 306 g/mol. The lowest BCUT2D eigenvalue weighted by Crippen LogP contribution is -2.44. The van der Waals surface area contributed by atoms with Crippen molar-refractivity contribution in [1.82, 2.24) is 10.3 Å². The van der Waals surface area contributed by atoms with Gasteiger partial charge >= 0.3 is 0 Å². The zero-order chi connectivity index (χ0) is 17.0. The van der Waals surface area contributed by atoms with E-state index >= 15 is 0 Å². The summed E-state index contributed by atoms with van der Waals surface area (Å²) in [6.45, 7) is 8.30. The number of nitriles is 1. The highest BCUT2D eigenvalue weighted by molar-refractivity contribution is 8.00. The molecule has 0 radical (unpaired) electrons. The van der Waals surface area contributed by atoms with Crippen LogP contribution >= 0.6 is 11.8 Å². The highest BCUT2D eigenvalue weighted by Gasteiger charge is 2.28. The number of pyridine rings is 1. The number of aryl methyl sites for hydroxylation is 2. The van der Waals surface area contributed by atoms with Crippen molar-refractivity contribution in [2.75, 3.05) is 5.75 Å². The number of rotatable bonds is 4. The van der Waals surface area contributed by atoms with Gasteiger partial charge in [-0.05, 0) is 43.7 Å². The molecule has 124 valence electrons. The first-order chi connectivity index (χ1) is 10.9. The molecule has 1 N–H and O–H groups in total. The lowest BCUT2D eigenvalue weighted by atomic mass is 9.78. The lowest BCUT2D eigenvalue weighted by molar-refractivity contribution is -0.119. The maximum atomic E-state index is 12.3. The SMILES string of the molecule is Cc1cc(C)c(C#N)c(SCC(=O)N[C@@H]2CCC[C@H](C)[C@H]2C)n1. The first-order valence-corrected chi connectivity index (χ1v) is 9.21. The molecule has 3 atom stereocenters. The van der Waals surface area contributed by atoms with E-state index in [-0.39, 0.29) is 11.9 Å². The molecule has 1 aliphatic rings. The van der Waals surface area contributed by atoms with E-state index in [9.17, 15) is 10.1 Å². The second-order valence-corrected chi connectivity index (χ2v) is 7.57. The average molecular weight is 331 g/mol. The number of carbonyl (C=O) groups is 1. The van der Waals surface area contributed by atoms with Crippen molar-refractivity contribution in [1.29, 1.82) is 5.26 Å². The van der Waals surface area contributed by atoms with E-state index in [4.69, 9.17) is 0 Å². The van der Waals surface area contributed by atoms with Gasteiger partial charge in [0.2, 0.25) is 5.91 Å². The zero-order valence-electron chi connectivity index (χ0n) is 14.3. The molecule has 0 bridgehead atoms. The van der Waals surface area contributed by atoms with Gasteiger partial charge in [0.15, 0.2) is 0 Å². The van der Waals surface area contributed by atoms with Crippen LogP contribution in [0.4, 0.5) is 0 Å². The summed E-state index contributed by atoms with van der Waals surface area (Å²) in [6.07, 6.45) is 3.49. The molecule has 1 aliphatic carbocycles. The van der Waals surface area contributed by atoms with Crippen molar-refractivity contribution in [3.05, 3.63) is 22.9 Å². The Morgan fingerprint density at radius 2 is 2.17 bits per heavy atom. The summed E-state index contributed by atoms with van der Waals surface area (Å²) in [4.78, 5) is 16.7. The molecule has 5 heteroatoms. The summed E-state index contributed by atoms with van der Waals surface area (Å²) in [7, 11) is 0. The Hall–Kier alpha value is -1.54. The van der Waals surface area contributed by atoms with Crippen LogP contribution in [0.15, 0.2) is 11.1 Å². The Balaban J connectivity index is 1.96. The number of hydrogen-bond donors (Lipinski definition) is 1. The van der Waals surface area contributed by atoms with Gasteiger partial charge in [0.25, 0.3) is 0 Å². The van der Waals surface area contributed by atoms with Crippen LogP contribution < -0.4 is 5.32 Å². The summed E-state index contributed by atoms with van der Waals surface area (Å²) in [6, 6.07) is 4.36. The topological polar surface area (TPSA) is 65.8 Å². The van der Waals surface area contributed by atoms with E-state index in [0.717, 1.165) is 17.7 Å². The molecule has 1 fully saturated rings. The van der Waals surface area contributed by atoms with E-state index in [1.54, 1.807) is 0 Å². The van der Waals surface area contributed by atoms with Crippen LogP contribution in [0.2, 0.25) is 0 Å². The van der Waals surface area contributed by atoms with Crippen molar-refractivity contribution >= 4 is 17.7 Å². The first kappa shape index (κ1) is 17.8. The zero-order valence-corrected chi connectivity index (χ0v) is 15.2. The molecule has 0 unspecified atom stereocenters. The maximum Gasteiger partial charge on any atom is 0.230 e. The van der Waals surface area contributed by atoms with Gasteiger partial charge in [0.1, 0.15) is 11.1 Å². The van der Waals surface area contributed by atoms with Gasteiger partial charge in [-0.2, -0.15) is 5.26 Å². The second kappa shape index (κ2) is 7.83. The van der Waals surface area contributed by atoms with Crippen molar-refractivity contribution in [3.63, 3.8) is 0 Å². The maximum absolute atomic E-state index is 12.3. The standard InChI is InChI=1S/C18H25N3OS/c1-11-6-5-7-16(14(11)4)21-17(22)10-23-18-15(9-19)12(2)8-13(3)20-18/h8,11,14,16H,5-7,10H2,1-4H3,(H,21,22)/t11-,14+,16+/m0/s1. The predicted octanol–water partition coefficient (Wildman–Crippen LogP) is 3.60. The van der Waals surface area contributed by atoms with Gasteiger partial charge in [0.05, 0.1) is 11.3 Å². The van der Waals surface area contributed by atoms with Gasteiger partial charge in [-0.25, -0.2) is 4.98 Å². The van der Waals surface area contributed by atoms with Crippen LogP contribution in [-0.2, 0) is 4.79 Å². The van der Waals surface area contributed by atoms with Crippen molar-refractivity contribution < 1.29 is 4.79 Å². The molecule has 1 heterocycles. The monoisotopic (exact) mass is 331 g/mol. The van der Waals surface area contributed by atoms with Gasteiger partial charge in [-0.3, -0.25) is 4.79 Å². The summed E-state index contributed by atoms with van der Waals surface area (Å²) in [5, 5.41) is 13.1. The van der Waals surface area contributed by atoms with Crippen molar-refractivity contribution in [2.24, 2.45) is 11.8 Å². The minimum Gasteiger partial charge on any atom is -0.352 e. The number of nitrogens with zero attached hydrogens (tertiary/aromatic N) is 2. The second-order valence-electron chi connectivity index (χ2n) is 6.60. The van der Waals surface area contributed by atoms with E-state index in [0.29, 0.717) is 28.2 Å². The highest BCUT2D eigenvalue weighted by Crippen LogP contribution is 2.30. The molecule has 1 aromatic heterocycles. The molecule has 0 aromatic carbocycles. The Labute approximate surface area is 143 Å². The first-order valence-electron chi connectivity index (χ1n) is 8.23. The van der Waals surface area contributed by atoms with Crippen LogP contribution in [0.5, 0.6) is 0 Å². The van der Waals surface area contributed by atoms with Crippen LogP contribution in [0.1, 0.15) is 49.9 Å². The van der Waals surface area contributed by atoms with Crippen LogP contribution in [0, 0.1) is 37.0 Å². The number of aromatic nitrogens is 1. The third kappa shape index (κ3) is 4.48. The molecular formula is C18H25N3OS. The third-order valence-corrected chi connectivity index (χ3v) is 5.79. The molecule has 23 heavy (non-hydrogen) atoms. The fraction of sp³-hybridized carbons (Fsp3) is 0.611. The van der Waals surface area contributed by atoms with Crippen LogP contribution in [0.3, 0.4) is 0 Å². The Kier molecular flexibility index (Phi) is 6.06. The lowest BCUT2D eigenvalue weighted by Gasteiger charge is -2.34. The molecule has 1 aromatic rings. The molecule has 4 nitrogen and oxygen atoms in total. The molecule has 1 saturated carbocycles. The highest BCUT2D eigenvalue weighted by atomic mass is 32.2. The van der Waals surface area contributed by atoms with Crippen LogP contribution in [-0.4, -0.2) is 22.7 Å². The minimum absolute atomic E-state index is 0.0331. The fourth-order valence-electron chi connectivity index (χ4n) is 3.21. The van der Waals surface area contributed by atoms with Gasteiger partial charge in [-0.1, -0.05) is 38.5 Å². The molecule has 0 aliphatic heterocycles. The quantitative estimate of drug-likeness (QED) is 0.856. The summed E-state index contributed by atoms with van der Waals surface area (Å²) >= 11 is 1.35. The van der Waals surface area contributed by atoms with E-state index in [1.165, 1.54) is 24.6 Å². The molecule has 0 spiro atoms. The molecule has 1 amide bonds. The average Bonchev–Trinajstić information content (AvgIpc) is 2.49. The summed E-state index contributed by atoms with van der Waals surface area (Å²) in [5.74, 6) is 1.52. The van der Waals surface area contributed by atoms with Crippen molar-refractivity contribution in [3.8, 4) is 6.07 Å². The number of thioether (sulfide) groups is 1. The van der Waals surface area contributed by atoms with Gasteiger partial charge in [0, 0.05) is 11.7 Å².